The van der Waals surface area contributed by atoms with E-state index in [0.717, 1.165) is 12.5 Å². The zero-order valence-electron chi connectivity index (χ0n) is 10.6. The lowest BCUT2D eigenvalue weighted by molar-refractivity contribution is -0.137. The first-order chi connectivity index (χ1) is 9.45. The first kappa shape index (κ1) is 13.2. The maximum absolute atomic E-state index is 13.0. The van der Waals surface area contributed by atoms with Gasteiger partial charge in [0.25, 0.3) is 0 Å². The summed E-state index contributed by atoms with van der Waals surface area (Å²) in [6, 6.07) is 5.30. The lowest BCUT2D eigenvalue weighted by atomic mass is 9.98. The number of rotatable bonds is 1. The van der Waals surface area contributed by atoms with Crippen molar-refractivity contribution in [1.29, 1.82) is 0 Å². The fourth-order valence-electron chi connectivity index (χ4n) is 2.44. The third kappa shape index (κ3) is 2.31. The van der Waals surface area contributed by atoms with Crippen molar-refractivity contribution in [2.75, 3.05) is 0 Å². The molecule has 0 saturated heterocycles. The summed E-state index contributed by atoms with van der Waals surface area (Å²) >= 11 is 0. The molecule has 2 aromatic rings. The molecule has 1 unspecified atom stereocenters. The van der Waals surface area contributed by atoms with Gasteiger partial charge in [0.2, 0.25) is 5.89 Å². The number of benzene rings is 1. The van der Waals surface area contributed by atoms with Crippen molar-refractivity contribution in [3.63, 3.8) is 0 Å². The van der Waals surface area contributed by atoms with Crippen LogP contribution in [0.1, 0.15) is 23.4 Å². The van der Waals surface area contributed by atoms with Crippen LogP contribution in [0.4, 0.5) is 13.2 Å². The number of oxazole rings is 1. The second-order valence-corrected chi connectivity index (χ2v) is 4.94. The molecule has 0 radical (unpaired) electrons. The Balaban J connectivity index is 2.07. The van der Waals surface area contributed by atoms with Crippen LogP contribution in [0.2, 0.25) is 0 Å². The summed E-state index contributed by atoms with van der Waals surface area (Å²) in [5.41, 5.74) is 5.75. The van der Waals surface area contributed by atoms with Gasteiger partial charge in [-0.3, -0.25) is 0 Å². The number of aromatic nitrogens is 1. The van der Waals surface area contributed by atoms with Crippen LogP contribution in [-0.2, 0) is 19.0 Å². The summed E-state index contributed by atoms with van der Waals surface area (Å²) in [6.07, 6.45) is -2.49. The van der Waals surface area contributed by atoms with Crippen LogP contribution in [-0.4, -0.2) is 11.0 Å². The molecule has 2 N–H and O–H groups in total. The van der Waals surface area contributed by atoms with Gasteiger partial charge in [-0.15, -0.1) is 0 Å². The van der Waals surface area contributed by atoms with Crippen molar-refractivity contribution in [1.82, 2.24) is 4.98 Å². The van der Waals surface area contributed by atoms with E-state index in [4.69, 9.17) is 10.2 Å². The minimum Gasteiger partial charge on any atom is -0.441 e. The minimum atomic E-state index is -4.43. The van der Waals surface area contributed by atoms with E-state index in [1.54, 1.807) is 6.07 Å². The van der Waals surface area contributed by atoms with Gasteiger partial charge >= 0.3 is 6.18 Å². The average Bonchev–Trinajstić information content (AvgIpc) is 2.80. The standard InChI is InChI=1S/C14H13F3N2O/c15-14(16,17)10-4-2-1-3-9(10)13-19-11-7-8(18)5-6-12(11)20-13/h1-4,8H,5-7,18H2. The van der Waals surface area contributed by atoms with Crippen LogP contribution in [0.5, 0.6) is 0 Å². The second kappa shape index (κ2) is 4.63. The quantitative estimate of drug-likeness (QED) is 0.874. The number of hydrogen-bond donors (Lipinski definition) is 1. The van der Waals surface area contributed by atoms with E-state index in [1.165, 1.54) is 12.1 Å². The highest BCUT2D eigenvalue weighted by atomic mass is 19.4. The molecule has 1 heterocycles. The summed E-state index contributed by atoms with van der Waals surface area (Å²) in [7, 11) is 0. The highest BCUT2D eigenvalue weighted by Gasteiger charge is 2.35. The van der Waals surface area contributed by atoms with E-state index in [1.807, 2.05) is 0 Å². The molecule has 0 bridgehead atoms. The van der Waals surface area contributed by atoms with Gasteiger partial charge in [0.15, 0.2) is 0 Å². The Morgan fingerprint density at radius 3 is 2.75 bits per heavy atom. The molecule has 0 amide bonds. The maximum Gasteiger partial charge on any atom is 0.417 e. The van der Waals surface area contributed by atoms with Crippen molar-refractivity contribution in [2.24, 2.45) is 5.73 Å². The number of hydrogen-bond acceptors (Lipinski definition) is 3. The Hall–Kier alpha value is -1.82. The number of alkyl halides is 3. The normalized spacial score (nSPS) is 18.9. The smallest absolute Gasteiger partial charge is 0.417 e. The average molecular weight is 282 g/mol. The van der Waals surface area contributed by atoms with Gasteiger partial charge in [-0.25, -0.2) is 4.98 Å². The lowest BCUT2D eigenvalue weighted by Crippen LogP contribution is -2.27. The highest BCUT2D eigenvalue weighted by molar-refractivity contribution is 5.60. The van der Waals surface area contributed by atoms with Crippen LogP contribution in [0, 0.1) is 0 Å². The molecule has 0 aliphatic heterocycles. The zero-order chi connectivity index (χ0) is 14.3. The van der Waals surface area contributed by atoms with E-state index in [9.17, 15) is 13.2 Å². The van der Waals surface area contributed by atoms with Gasteiger partial charge in [-0.1, -0.05) is 12.1 Å². The molecule has 106 valence electrons. The van der Waals surface area contributed by atoms with Gasteiger partial charge in [0, 0.05) is 24.4 Å². The van der Waals surface area contributed by atoms with E-state index >= 15 is 0 Å². The number of nitrogens with zero attached hydrogens (tertiary/aromatic N) is 1. The summed E-state index contributed by atoms with van der Waals surface area (Å²) in [5.74, 6) is 0.677. The third-order valence-corrected chi connectivity index (χ3v) is 3.44. The highest BCUT2D eigenvalue weighted by Crippen LogP contribution is 2.37. The minimum absolute atomic E-state index is 0.00156. The number of fused-ring (bicyclic) bond motifs is 1. The van der Waals surface area contributed by atoms with E-state index in [-0.39, 0.29) is 17.5 Å². The van der Waals surface area contributed by atoms with Crippen LogP contribution in [0.25, 0.3) is 11.5 Å². The van der Waals surface area contributed by atoms with Crippen LogP contribution in [0.15, 0.2) is 28.7 Å². The van der Waals surface area contributed by atoms with Crippen LogP contribution in [0.3, 0.4) is 0 Å². The molecule has 20 heavy (non-hydrogen) atoms. The van der Waals surface area contributed by atoms with Gasteiger partial charge in [0.1, 0.15) is 5.76 Å². The molecule has 0 spiro atoms. The zero-order valence-corrected chi connectivity index (χ0v) is 10.6. The second-order valence-electron chi connectivity index (χ2n) is 4.94. The fourth-order valence-corrected chi connectivity index (χ4v) is 2.44. The number of aryl methyl sites for hydroxylation is 1. The molecule has 1 atom stereocenters. The SMILES string of the molecule is NC1CCc2oc(-c3ccccc3C(F)(F)F)nc2C1. The Labute approximate surface area is 113 Å². The predicted molar refractivity (Wildman–Crippen MR) is 66.9 cm³/mol. The van der Waals surface area contributed by atoms with Gasteiger partial charge in [0.05, 0.1) is 11.3 Å². The summed E-state index contributed by atoms with van der Waals surface area (Å²) in [6.45, 7) is 0. The maximum atomic E-state index is 13.0. The molecule has 6 heteroatoms. The lowest BCUT2D eigenvalue weighted by Gasteiger charge is -2.14. The molecular formula is C14H13F3N2O. The summed E-state index contributed by atoms with van der Waals surface area (Å²) in [5, 5.41) is 0. The van der Waals surface area contributed by atoms with Gasteiger partial charge in [-0.05, 0) is 18.6 Å². The van der Waals surface area contributed by atoms with Crippen molar-refractivity contribution in [3.05, 3.63) is 41.3 Å². The monoisotopic (exact) mass is 282 g/mol. The van der Waals surface area contributed by atoms with E-state index in [0.29, 0.717) is 24.3 Å². The molecule has 3 nitrogen and oxygen atoms in total. The molecule has 0 fully saturated rings. The Morgan fingerprint density at radius 2 is 2.00 bits per heavy atom. The molecule has 1 aromatic carbocycles. The van der Waals surface area contributed by atoms with Crippen LogP contribution >= 0.6 is 0 Å². The van der Waals surface area contributed by atoms with Crippen LogP contribution < -0.4 is 5.73 Å². The summed E-state index contributed by atoms with van der Waals surface area (Å²) < 4.78 is 44.5. The van der Waals surface area contributed by atoms with Crippen molar-refractivity contribution in [2.45, 2.75) is 31.5 Å². The third-order valence-electron chi connectivity index (χ3n) is 3.44. The van der Waals surface area contributed by atoms with Crippen molar-refractivity contribution < 1.29 is 17.6 Å². The van der Waals surface area contributed by atoms with Crippen molar-refractivity contribution in [3.8, 4) is 11.5 Å². The van der Waals surface area contributed by atoms with Gasteiger partial charge < -0.3 is 10.2 Å². The molecule has 1 aliphatic rings. The van der Waals surface area contributed by atoms with Crippen molar-refractivity contribution >= 4 is 0 Å². The molecule has 3 rings (SSSR count). The topological polar surface area (TPSA) is 52.0 Å². The largest absolute Gasteiger partial charge is 0.441 e. The molecule has 1 aliphatic carbocycles. The molecule has 0 saturated carbocycles. The predicted octanol–water partition coefficient (Wildman–Crippen LogP) is 3.18. The fraction of sp³-hybridized carbons (Fsp3) is 0.357. The molecule has 1 aromatic heterocycles. The Morgan fingerprint density at radius 1 is 1.25 bits per heavy atom. The van der Waals surface area contributed by atoms with E-state index in [2.05, 4.69) is 4.98 Å². The first-order valence-electron chi connectivity index (χ1n) is 6.36. The summed E-state index contributed by atoms with van der Waals surface area (Å²) in [4.78, 5) is 4.20. The number of halogens is 3. The number of nitrogens with two attached hydrogens (primary N) is 1. The Bertz CT molecular complexity index is 634. The molecular weight excluding hydrogens is 269 g/mol. The van der Waals surface area contributed by atoms with Gasteiger partial charge in [-0.2, -0.15) is 13.2 Å². The first-order valence-corrected chi connectivity index (χ1v) is 6.36. The van der Waals surface area contributed by atoms with E-state index < -0.39 is 11.7 Å². The Kier molecular flexibility index (Phi) is 3.05.